The number of hydrogen-bond donors (Lipinski definition) is 1. The third-order valence-electron chi connectivity index (χ3n) is 5.35. The van der Waals surface area contributed by atoms with Gasteiger partial charge in [0.25, 0.3) is 5.69 Å². The van der Waals surface area contributed by atoms with Crippen LogP contribution in [-0.2, 0) is 6.54 Å². The van der Waals surface area contributed by atoms with Gasteiger partial charge in [-0.15, -0.1) is 0 Å². The number of hydrogen-bond acceptors (Lipinski definition) is 3. The van der Waals surface area contributed by atoms with Crippen molar-refractivity contribution in [2.75, 3.05) is 11.9 Å². The summed E-state index contributed by atoms with van der Waals surface area (Å²) in [6.45, 7) is 5.70. The third-order valence-corrected chi connectivity index (χ3v) is 5.69. The zero-order valence-electron chi connectivity index (χ0n) is 16.3. The summed E-state index contributed by atoms with van der Waals surface area (Å²) in [5.74, 6) is 0. The first-order valence-electron chi connectivity index (χ1n) is 9.48. The Morgan fingerprint density at radius 1 is 1.14 bits per heavy atom. The molecule has 1 atom stereocenters. The van der Waals surface area contributed by atoms with Crippen LogP contribution in [0, 0.1) is 24.0 Å². The summed E-state index contributed by atoms with van der Waals surface area (Å²) in [4.78, 5) is 12.8. The summed E-state index contributed by atoms with van der Waals surface area (Å²) in [6.07, 6.45) is 2.06. The molecule has 0 radical (unpaired) electrons. The molecular weight excluding hydrogens is 384 g/mol. The monoisotopic (exact) mass is 406 g/mol. The Hall–Kier alpha value is -3.19. The van der Waals surface area contributed by atoms with Crippen molar-refractivity contribution in [3.63, 3.8) is 0 Å². The first kappa shape index (κ1) is 19.1. The number of benzene rings is 2. The minimum absolute atomic E-state index is 0.0857. The highest BCUT2D eigenvalue weighted by atomic mass is 32.1. The van der Waals surface area contributed by atoms with Gasteiger partial charge in [0.1, 0.15) is 0 Å². The van der Waals surface area contributed by atoms with Gasteiger partial charge in [-0.1, -0.05) is 12.1 Å². The number of thiocarbonyl (C=S) groups is 1. The van der Waals surface area contributed by atoms with Crippen LogP contribution >= 0.6 is 12.2 Å². The molecule has 1 aromatic heterocycles. The van der Waals surface area contributed by atoms with Crippen LogP contribution < -0.4 is 5.32 Å². The number of aromatic nitrogens is 1. The molecule has 29 heavy (non-hydrogen) atoms. The zero-order chi connectivity index (χ0) is 20.5. The summed E-state index contributed by atoms with van der Waals surface area (Å²) in [6, 6.07) is 17.0. The van der Waals surface area contributed by atoms with Crippen LogP contribution in [0.4, 0.5) is 11.4 Å². The van der Waals surface area contributed by atoms with E-state index in [1.165, 1.54) is 5.56 Å². The van der Waals surface area contributed by atoms with Crippen molar-refractivity contribution in [2.45, 2.75) is 26.4 Å². The summed E-state index contributed by atoms with van der Waals surface area (Å²) in [5.41, 5.74) is 5.47. The average Bonchev–Trinajstić information content (AvgIpc) is 3.19. The van der Waals surface area contributed by atoms with Gasteiger partial charge in [0.15, 0.2) is 5.11 Å². The van der Waals surface area contributed by atoms with Gasteiger partial charge < -0.3 is 14.8 Å². The quantitative estimate of drug-likeness (QED) is 0.384. The molecule has 1 N–H and O–H groups in total. The van der Waals surface area contributed by atoms with Crippen molar-refractivity contribution in [1.82, 2.24) is 9.47 Å². The van der Waals surface area contributed by atoms with Gasteiger partial charge in [0, 0.05) is 42.8 Å². The SMILES string of the molecule is Cc1ccc(C)c(NC(=S)N2CCn3cccc3[C@H]2c2ccc([N+](=O)[O-])cc2)c1. The number of nitro benzene ring substituents is 1. The molecule has 0 aliphatic carbocycles. The molecule has 2 heterocycles. The van der Waals surface area contributed by atoms with Crippen molar-refractivity contribution >= 4 is 28.7 Å². The van der Waals surface area contributed by atoms with E-state index in [4.69, 9.17) is 12.2 Å². The number of rotatable bonds is 3. The molecule has 0 fully saturated rings. The van der Waals surface area contributed by atoms with E-state index in [9.17, 15) is 10.1 Å². The van der Waals surface area contributed by atoms with Gasteiger partial charge in [0.05, 0.1) is 11.0 Å². The van der Waals surface area contributed by atoms with Crippen LogP contribution in [0.15, 0.2) is 60.8 Å². The highest BCUT2D eigenvalue weighted by Crippen LogP contribution is 2.34. The van der Waals surface area contributed by atoms with Crippen LogP contribution in [0.3, 0.4) is 0 Å². The molecule has 1 aliphatic heterocycles. The lowest BCUT2D eigenvalue weighted by Gasteiger charge is -2.39. The molecule has 0 amide bonds. The van der Waals surface area contributed by atoms with Gasteiger partial charge in [-0.3, -0.25) is 10.1 Å². The number of nitro groups is 1. The second kappa shape index (κ2) is 7.67. The van der Waals surface area contributed by atoms with Gasteiger partial charge in [-0.25, -0.2) is 0 Å². The average molecular weight is 407 g/mol. The van der Waals surface area contributed by atoms with Crippen molar-refractivity contribution in [1.29, 1.82) is 0 Å². The van der Waals surface area contributed by atoms with Gasteiger partial charge in [-0.05, 0) is 73.1 Å². The van der Waals surface area contributed by atoms with E-state index in [2.05, 4.69) is 59.1 Å². The highest BCUT2D eigenvalue weighted by Gasteiger charge is 2.31. The fourth-order valence-electron chi connectivity index (χ4n) is 3.79. The first-order valence-corrected chi connectivity index (χ1v) is 9.89. The number of non-ortho nitro benzene ring substituents is 1. The van der Waals surface area contributed by atoms with Crippen molar-refractivity contribution < 1.29 is 4.92 Å². The van der Waals surface area contributed by atoms with Crippen LogP contribution in [-0.4, -0.2) is 26.0 Å². The maximum Gasteiger partial charge on any atom is 0.269 e. The Bertz CT molecular complexity index is 1070. The van der Waals surface area contributed by atoms with Crippen molar-refractivity contribution in [2.24, 2.45) is 0 Å². The number of aryl methyl sites for hydroxylation is 2. The minimum atomic E-state index is -0.377. The summed E-state index contributed by atoms with van der Waals surface area (Å²) < 4.78 is 2.21. The van der Waals surface area contributed by atoms with E-state index in [0.29, 0.717) is 5.11 Å². The molecule has 0 bridgehead atoms. The van der Waals surface area contributed by atoms with E-state index in [1.807, 2.05) is 18.2 Å². The molecule has 7 heteroatoms. The smallest absolute Gasteiger partial charge is 0.269 e. The van der Waals surface area contributed by atoms with Crippen molar-refractivity contribution in [3.05, 3.63) is 93.3 Å². The number of nitrogens with zero attached hydrogens (tertiary/aromatic N) is 3. The second-order valence-electron chi connectivity index (χ2n) is 7.32. The van der Waals surface area contributed by atoms with E-state index < -0.39 is 0 Å². The van der Waals surface area contributed by atoms with Crippen LogP contribution in [0.1, 0.15) is 28.4 Å². The van der Waals surface area contributed by atoms with Crippen LogP contribution in [0.5, 0.6) is 0 Å². The standard InChI is InChI=1S/C22H22N4O2S/c1-15-5-6-16(2)19(14-15)23-22(29)25-13-12-24-11-3-4-20(24)21(25)17-7-9-18(10-8-17)26(27)28/h3-11,14,21H,12-13H2,1-2H3,(H,23,29)/t21-/m1/s1. The van der Waals surface area contributed by atoms with Crippen LogP contribution in [0.25, 0.3) is 0 Å². The lowest BCUT2D eigenvalue weighted by molar-refractivity contribution is -0.384. The normalized spacial score (nSPS) is 15.7. The Labute approximate surface area is 174 Å². The van der Waals surface area contributed by atoms with Gasteiger partial charge >= 0.3 is 0 Å². The molecular formula is C22H22N4O2S. The Morgan fingerprint density at radius 3 is 2.62 bits per heavy atom. The van der Waals surface area contributed by atoms with E-state index in [-0.39, 0.29) is 16.7 Å². The predicted octanol–water partition coefficient (Wildman–Crippen LogP) is 4.82. The topological polar surface area (TPSA) is 63.3 Å². The van der Waals surface area contributed by atoms with E-state index in [1.54, 1.807) is 12.1 Å². The second-order valence-corrected chi connectivity index (χ2v) is 7.71. The first-order chi connectivity index (χ1) is 13.9. The van der Waals surface area contributed by atoms with E-state index in [0.717, 1.165) is 35.6 Å². The number of fused-ring (bicyclic) bond motifs is 1. The molecule has 0 spiro atoms. The zero-order valence-corrected chi connectivity index (χ0v) is 17.1. The Balaban J connectivity index is 1.68. The van der Waals surface area contributed by atoms with Crippen molar-refractivity contribution in [3.8, 4) is 0 Å². The molecule has 2 aromatic carbocycles. The summed E-state index contributed by atoms with van der Waals surface area (Å²) in [7, 11) is 0. The molecule has 0 saturated heterocycles. The lowest BCUT2D eigenvalue weighted by atomic mass is 10.00. The molecule has 3 aromatic rings. The number of nitrogens with one attached hydrogen (secondary N) is 1. The summed E-state index contributed by atoms with van der Waals surface area (Å²) in [5, 5.41) is 15.1. The number of anilines is 1. The fraction of sp³-hybridized carbons (Fsp3) is 0.227. The van der Waals surface area contributed by atoms with Crippen LogP contribution in [0.2, 0.25) is 0 Å². The lowest BCUT2D eigenvalue weighted by Crippen LogP contribution is -2.44. The van der Waals surface area contributed by atoms with Gasteiger partial charge in [0.2, 0.25) is 0 Å². The third kappa shape index (κ3) is 3.73. The molecule has 0 saturated carbocycles. The maximum absolute atomic E-state index is 11.0. The maximum atomic E-state index is 11.0. The molecule has 148 valence electrons. The predicted molar refractivity (Wildman–Crippen MR) is 118 cm³/mol. The molecule has 1 aliphatic rings. The highest BCUT2D eigenvalue weighted by molar-refractivity contribution is 7.80. The van der Waals surface area contributed by atoms with Gasteiger partial charge in [-0.2, -0.15) is 0 Å². The minimum Gasteiger partial charge on any atom is -0.348 e. The Kier molecular flexibility index (Phi) is 5.07. The Morgan fingerprint density at radius 2 is 1.90 bits per heavy atom. The summed E-state index contributed by atoms with van der Waals surface area (Å²) >= 11 is 5.80. The largest absolute Gasteiger partial charge is 0.348 e. The molecule has 4 rings (SSSR count). The van der Waals surface area contributed by atoms with E-state index >= 15 is 0 Å². The molecule has 6 nitrogen and oxygen atoms in total. The molecule has 0 unspecified atom stereocenters. The fourth-order valence-corrected chi connectivity index (χ4v) is 4.10.